The van der Waals surface area contributed by atoms with Crippen molar-refractivity contribution >= 4 is 51.1 Å². The van der Waals surface area contributed by atoms with E-state index in [-0.39, 0.29) is 62.5 Å². The summed E-state index contributed by atoms with van der Waals surface area (Å²) in [5.74, 6) is -1.29. The maximum Gasteiger partial charge on any atom is 0.255 e. The van der Waals surface area contributed by atoms with Crippen molar-refractivity contribution < 1.29 is 33.4 Å². The van der Waals surface area contributed by atoms with Gasteiger partial charge in [-0.15, -0.1) is 0 Å². The lowest BCUT2D eigenvalue weighted by atomic mass is 9.93. The third-order valence-electron chi connectivity index (χ3n) is 10.9. The monoisotopic (exact) mass is 981 g/mol. The van der Waals surface area contributed by atoms with E-state index in [9.17, 15) is 29.2 Å². The summed E-state index contributed by atoms with van der Waals surface area (Å²) in [6.07, 6.45) is -0.000314. The summed E-state index contributed by atoms with van der Waals surface area (Å²) < 4.78 is 12.4. The van der Waals surface area contributed by atoms with Crippen molar-refractivity contribution in [3.8, 4) is 40.1 Å². The lowest BCUT2D eigenvalue weighted by Crippen LogP contribution is -2.56. The van der Waals surface area contributed by atoms with Crippen molar-refractivity contribution in [3.63, 3.8) is 0 Å². The van der Waals surface area contributed by atoms with Crippen LogP contribution in [-0.4, -0.2) is 114 Å². The molecule has 5 rings (SSSR count). The predicted molar refractivity (Wildman–Crippen MR) is 269 cm³/mol. The Kier molecular flexibility index (Phi) is 19.4. The van der Waals surface area contributed by atoms with Crippen molar-refractivity contribution in [1.82, 2.24) is 36.1 Å². The summed E-state index contributed by atoms with van der Waals surface area (Å²) in [5.41, 5.74) is 22.5. The quantitative estimate of drug-likeness (QED) is 0.0554. The Morgan fingerprint density at radius 2 is 1.52 bits per heavy atom. The van der Waals surface area contributed by atoms with Crippen LogP contribution >= 0.6 is 21.6 Å². The molecule has 4 atom stereocenters. The molecule has 0 aliphatic carbocycles. The SMILES string of the molecule is Cc1nc(-c2ccc(CSSC(C)(C)C)cc2)nc(C)c1C(=O)N[C@@H](CCN)C(=O)N(C)[C@@H]1C(=O)N[C@@H](C)C(=O)N[C@H](C(=O)NCC#N)Cc2ccc(OCCN)c(c2)-c2cc1ccc2OCCN. The number of rotatable bonds is 18. The van der Waals surface area contributed by atoms with Gasteiger partial charge in [-0.25, -0.2) is 9.97 Å². The highest BCUT2D eigenvalue weighted by atomic mass is 33.1. The molecule has 1 aliphatic heterocycles. The first-order valence-corrected chi connectivity index (χ1v) is 24.9. The molecule has 2 heterocycles. The topological polar surface area (TPSA) is 283 Å². The molecule has 10 N–H and O–H groups in total. The normalized spacial score (nSPS) is 16.4. The number of ether oxygens (including phenoxy) is 2. The zero-order valence-corrected chi connectivity index (χ0v) is 41.8. The molecule has 4 aromatic rings. The van der Waals surface area contributed by atoms with Crippen LogP contribution in [0, 0.1) is 25.2 Å². The highest BCUT2D eigenvalue weighted by Gasteiger charge is 2.36. The van der Waals surface area contributed by atoms with E-state index in [1.54, 1.807) is 61.0 Å². The molecule has 0 spiro atoms. The van der Waals surface area contributed by atoms with Crippen LogP contribution in [0.5, 0.6) is 11.5 Å². The molecule has 0 radical (unpaired) electrons. The molecule has 20 heteroatoms. The van der Waals surface area contributed by atoms with Gasteiger partial charge in [0.1, 0.15) is 55.4 Å². The van der Waals surface area contributed by atoms with Crippen molar-refractivity contribution in [1.29, 1.82) is 5.26 Å². The van der Waals surface area contributed by atoms with Gasteiger partial charge in [0.15, 0.2) is 5.82 Å². The number of aryl methyl sites for hydroxylation is 2. The van der Waals surface area contributed by atoms with E-state index >= 15 is 0 Å². The van der Waals surface area contributed by atoms with Crippen LogP contribution in [0.2, 0.25) is 0 Å². The van der Waals surface area contributed by atoms with Crippen LogP contribution in [-0.2, 0) is 31.4 Å². The molecular weight excluding hydrogens is 919 g/mol. The van der Waals surface area contributed by atoms with Crippen molar-refractivity contribution in [2.75, 3.05) is 46.4 Å². The van der Waals surface area contributed by atoms with Crippen molar-refractivity contribution in [2.24, 2.45) is 17.2 Å². The lowest BCUT2D eigenvalue weighted by Gasteiger charge is -2.32. The van der Waals surface area contributed by atoms with Crippen LogP contribution in [0.1, 0.15) is 78.6 Å². The Morgan fingerprint density at radius 1 is 0.899 bits per heavy atom. The molecule has 368 valence electrons. The van der Waals surface area contributed by atoms with Gasteiger partial charge in [-0.3, -0.25) is 24.0 Å². The summed E-state index contributed by atoms with van der Waals surface area (Å²) in [5, 5.41) is 20.0. The molecule has 0 unspecified atom stereocenters. The van der Waals surface area contributed by atoms with Crippen molar-refractivity contribution in [3.05, 3.63) is 94.3 Å². The Labute approximate surface area is 411 Å². The lowest BCUT2D eigenvalue weighted by molar-refractivity contribution is -0.141. The minimum atomic E-state index is -1.41. The maximum absolute atomic E-state index is 14.8. The molecule has 3 aromatic carbocycles. The summed E-state index contributed by atoms with van der Waals surface area (Å²) in [6, 6.07) is 15.0. The van der Waals surface area contributed by atoms with Gasteiger partial charge in [0, 0.05) is 53.7 Å². The Hall–Kier alpha value is -6.24. The Bertz CT molecular complexity index is 2510. The van der Waals surface area contributed by atoms with E-state index < -0.39 is 53.7 Å². The average molecular weight is 982 g/mol. The molecule has 0 saturated heterocycles. The van der Waals surface area contributed by atoms with Gasteiger partial charge >= 0.3 is 0 Å². The first-order chi connectivity index (χ1) is 32.9. The third kappa shape index (κ3) is 14.4. The fourth-order valence-electron chi connectivity index (χ4n) is 7.56. The second kappa shape index (κ2) is 24.9. The van der Waals surface area contributed by atoms with Gasteiger partial charge in [-0.05, 0) is 74.7 Å². The molecule has 0 fully saturated rings. The highest BCUT2D eigenvalue weighted by Crippen LogP contribution is 2.41. The number of aromatic nitrogens is 2. The number of carbonyl (C=O) groups is 5. The van der Waals surface area contributed by atoms with Gasteiger partial charge in [-0.2, -0.15) is 5.26 Å². The summed E-state index contributed by atoms with van der Waals surface area (Å²) >= 11 is 0. The molecule has 1 aliphatic rings. The molecule has 1 aromatic heterocycles. The van der Waals surface area contributed by atoms with E-state index in [1.807, 2.05) is 41.1 Å². The molecule has 4 bridgehead atoms. The second-order valence-electron chi connectivity index (χ2n) is 17.4. The number of hydrogen-bond donors (Lipinski definition) is 7. The van der Waals surface area contributed by atoms with E-state index in [0.29, 0.717) is 51.0 Å². The zero-order valence-electron chi connectivity index (χ0n) is 40.1. The van der Waals surface area contributed by atoms with E-state index in [2.05, 4.69) is 52.0 Å². The predicted octanol–water partition coefficient (Wildman–Crippen LogP) is 3.61. The van der Waals surface area contributed by atoms with Crippen LogP contribution in [0.15, 0.2) is 60.7 Å². The number of likely N-dealkylation sites (N-methyl/N-ethyl adjacent to an activating group) is 1. The standard InChI is InChI=1S/C49H63N11O7S2/c1-28-41(29(2)56-43(55-28)33-11-8-31(9-12-33)27-68-69-49(4,5)6)46(63)58-37(16-17-50)48(65)60(7)42-34-13-15-40(67-23-20-53)36(26-34)35-24-32(10-14-39(35)66-22-19-52)25-38(45(62)54-21-18-51)59-44(61)30(3)57-47(42)64/h8-15,24,26,30,37-38,42H,16-17,19-23,25,27,50,52-53H2,1-7H3,(H,54,62)(H,57,64)(H,58,63)(H,59,61)/t30-,37-,38-,42-/m0/s1. The summed E-state index contributed by atoms with van der Waals surface area (Å²) in [7, 11) is 5.03. The first kappa shape index (κ1) is 53.7. The Balaban J connectivity index is 1.52. The minimum Gasteiger partial charge on any atom is -0.492 e. The zero-order chi connectivity index (χ0) is 50.4. The van der Waals surface area contributed by atoms with Gasteiger partial charge < -0.3 is 52.8 Å². The number of fused-ring (bicyclic) bond motifs is 5. The first-order valence-electron chi connectivity index (χ1n) is 22.6. The van der Waals surface area contributed by atoms with Crippen LogP contribution in [0.3, 0.4) is 0 Å². The molecule has 18 nitrogen and oxygen atoms in total. The van der Waals surface area contributed by atoms with Gasteiger partial charge in [0.25, 0.3) is 5.91 Å². The van der Waals surface area contributed by atoms with Crippen LogP contribution in [0.25, 0.3) is 22.5 Å². The minimum absolute atomic E-state index is 0.000684. The summed E-state index contributed by atoms with van der Waals surface area (Å²) in [4.78, 5) is 81.3. The number of nitriles is 1. The maximum atomic E-state index is 14.8. The van der Waals surface area contributed by atoms with E-state index in [0.717, 1.165) is 16.9 Å². The number of benzene rings is 3. The Morgan fingerprint density at radius 3 is 2.12 bits per heavy atom. The largest absolute Gasteiger partial charge is 0.492 e. The van der Waals surface area contributed by atoms with E-state index in [4.69, 9.17) is 26.7 Å². The fourth-order valence-corrected chi connectivity index (χ4v) is 9.95. The smallest absolute Gasteiger partial charge is 0.255 e. The molecule has 5 amide bonds. The number of carbonyl (C=O) groups excluding carboxylic acids is 5. The fraction of sp³-hybridized carbons (Fsp3) is 0.429. The van der Waals surface area contributed by atoms with E-state index in [1.165, 1.54) is 18.9 Å². The third-order valence-corrected chi connectivity index (χ3v) is 14.1. The number of nitrogens with one attached hydrogen (secondary N) is 4. The highest BCUT2D eigenvalue weighted by molar-refractivity contribution is 8.76. The van der Waals surface area contributed by atoms with Crippen LogP contribution in [0.4, 0.5) is 0 Å². The summed E-state index contributed by atoms with van der Waals surface area (Å²) in [6.45, 7) is 11.7. The molecular formula is C49H63N11O7S2. The van der Waals surface area contributed by atoms with Gasteiger partial charge in [0.05, 0.1) is 23.0 Å². The number of hydrogen-bond acceptors (Lipinski definition) is 15. The average Bonchev–Trinajstić information content (AvgIpc) is 3.30. The molecule has 69 heavy (non-hydrogen) atoms. The van der Waals surface area contributed by atoms with Crippen molar-refractivity contribution in [2.45, 2.75) is 89.1 Å². The number of nitrogens with two attached hydrogens (primary N) is 3. The van der Waals surface area contributed by atoms with Gasteiger partial charge in [-0.1, -0.05) is 78.8 Å². The second-order valence-corrected chi connectivity index (χ2v) is 20.6. The molecule has 0 saturated carbocycles. The van der Waals surface area contributed by atoms with Gasteiger partial charge in [0.2, 0.25) is 23.6 Å². The number of amides is 5. The number of nitrogens with zero attached hydrogens (tertiary/aromatic N) is 4. The van der Waals surface area contributed by atoms with Crippen LogP contribution < -0.4 is 47.9 Å².